The van der Waals surface area contributed by atoms with E-state index < -0.39 is 29.9 Å². The van der Waals surface area contributed by atoms with Gasteiger partial charge in [-0.2, -0.15) is 26.3 Å². The number of carbonyl (C=O) groups is 1. The molecule has 1 fully saturated rings. The lowest BCUT2D eigenvalue weighted by molar-refractivity contribution is -0.177. The Morgan fingerprint density at radius 2 is 1.91 bits per heavy atom. The zero-order valence-corrected chi connectivity index (χ0v) is 17.2. The summed E-state index contributed by atoms with van der Waals surface area (Å²) in [5.41, 5.74) is 5.66. The Labute approximate surface area is 182 Å². The van der Waals surface area contributed by atoms with Crippen LogP contribution in [0.1, 0.15) is 34.3 Å². The highest BCUT2D eigenvalue weighted by molar-refractivity contribution is 7.21. The normalized spacial score (nSPS) is 17.9. The fourth-order valence-electron chi connectivity index (χ4n) is 4.00. The van der Waals surface area contributed by atoms with Gasteiger partial charge in [0.2, 0.25) is 5.91 Å². The molecule has 0 radical (unpaired) electrons. The Balaban J connectivity index is 1.80. The third kappa shape index (κ3) is 4.31. The second-order valence-electron chi connectivity index (χ2n) is 7.57. The molecule has 1 aromatic heterocycles. The van der Waals surface area contributed by atoms with E-state index in [1.807, 2.05) is 0 Å². The molecule has 0 bridgehead atoms. The monoisotopic (exact) mass is 473 g/mol. The van der Waals surface area contributed by atoms with Crippen molar-refractivity contribution in [1.29, 1.82) is 0 Å². The molecule has 1 amide bonds. The number of alkyl halides is 6. The first-order valence-electron chi connectivity index (χ1n) is 9.66. The summed E-state index contributed by atoms with van der Waals surface area (Å²) < 4.78 is 79.6. The van der Waals surface area contributed by atoms with Crippen molar-refractivity contribution in [2.24, 2.45) is 5.73 Å². The van der Waals surface area contributed by atoms with Crippen molar-refractivity contribution in [3.05, 3.63) is 53.1 Å². The van der Waals surface area contributed by atoms with E-state index in [1.165, 1.54) is 23.1 Å². The number of primary amides is 1. The van der Waals surface area contributed by atoms with Crippen LogP contribution in [0.25, 0.3) is 20.8 Å². The molecule has 1 aliphatic heterocycles. The van der Waals surface area contributed by atoms with Crippen LogP contribution in [-0.4, -0.2) is 34.6 Å². The van der Waals surface area contributed by atoms with Crippen molar-refractivity contribution in [2.75, 3.05) is 6.54 Å². The van der Waals surface area contributed by atoms with Crippen molar-refractivity contribution in [2.45, 2.75) is 37.8 Å². The van der Waals surface area contributed by atoms with E-state index in [4.69, 9.17) is 5.73 Å². The Morgan fingerprint density at radius 1 is 1.16 bits per heavy atom. The number of likely N-dealkylation sites (tertiary alicyclic amines) is 1. The van der Waals surface area contributed by atoms with Crippen molar-refractivity contribution in [3.8, 4) is 10.6 Å². The van der Waals surface area contributed by atoms with Crippen LogP contribution in [0.5, 0.6) is 0 Å². The lowest BCUT2D eigenvalue weighted by Crippen LogP contribution is -2.40. The van der Waals surface area contributed by atoms with Gasteiger partial charge >= 0.3 is 12.4 Å². The summed E-state index contributed by atoms with van der Waals surface area (Å²) in [6.07, 6.45) is -8.55. The molecule has 0 aliphatic carbocycles. The number of nitrogens with two attached hydrogens (primary N) is 1. The molecular formula is C21H17F6N3OS. The van der Waals surface area contributed by atoms with Crippen molar-refractivity contribution in [1.82, 2.24) is 9.88 Å². The van der Waals surface area contributed by atoms with Crippen LogP contribution in [-0.2, 0) is 12.7 Å². The number of aromatic nitrogens is 1. The number of hydrogen-bond donors (Lipinski definition) is 1. The molecule has 4 nitrogen and oxygen atoms in total. The lowest BCUT2D eigenvalue weighted by atomic mass is 10.00. The highest BCUT2D eigenvalue weighted by Crippen LogP contribution is 2.39. The van der Waals surface area contributed by atoms with E-state index in [-0.39, 0.29) is 45.9 Å². The van der Waals surface area contributed by atoms with Crippen LogP contribution >= 0.6 is 11.3 Å². The van der Waals surface area contributed by atoms with Crippen LogP contribution in [0.4, 0.5) is 26.3 Å². The first kappa shape index (κ1) is 22.5. The summed E-state index contributed by atoms with van der Waals surface area (Å²) in [7, 11) is 0. The fraction of sp³-hybridized carbons (Fsp3) is 0.333. The summed E-state index contributed by atoms with van der Waals surface area (Å²) in [5.74, 6) is -0.800. The van der Waals surface area contributed by atoms with Gasteiger partial charge in [-0.1, -0.05) is 12.1 Å². The number of halogens is 6. The van der Waals surface area contributed by atoms with E-state index in [0.29, 0.717) is 12.0 Å². The van der Waals surface area contributed by atoms with E-state index in [1.54, 1.807) is 6.07 Å². The van der Waals surface area contributed by atoms with Gasteiger partial charge in [0.05, 0.1) is 15.8 Å². The second kappa shape index (κ2) is 8.04. The summed E-state index contributed by atoms with van der Waals surface area (Å²) in [6, 6.07) is 6.03. The van der Waals surface area contributed by atoms with Gasteiger partial charge in [-0.3, -0.25) is 9.69 Å². The number of thiazole rings is 1. The van der Waals surface area contributed by atoms with Crippen molar-refractivity contribution in [3.63, 3.8) is 0 Å². The summed E-state index contributed by atoms with van der Waals surface area (Å²) in [4.78, 5) is 17.7. The van der Waals surface area contributed by atoms with Gasteiger partial charge in [0.15, 0.2) is 0 Å². The minimum atomic E-state index is -4.53. The molecule has 11 heteroatoms. The number of carbonyl (C=O) groups excluding carboxylic acids is 1. The first-order valence-corrected chi connectivity index (χ1v) is 10.5. The quantitative estimate of drug-likeness (QED) is 0.502. The predicted octanol–water partition coefficient (Wildman–Crippen LogP) is 5.61. The SMILES string of the molecule is NC(=O)c1cccc(CN2CCCC2C(F)(F)F)c1-c1nc2ccc(C(F)(F)F)cc2s1. The van der Waals surface area contributed by atoms with Crippen LogP contribution in [0.15, 0.2) is 36.4 Å². The molecule has 1 aliphatic rings. The van der Waals surface area contributed by atoms with Gasteiger partial charge in [0.25, 0.3) is 0 Å². The van der Waals surface area contributed by atoms with Crippen LogP contribution < -0.4 is 5.73 Å². The van der Waals surface area contributed by atoms with Gasteiger partial charge in [0.1, 0.15) is 11.0 Å². The molecule has 1 unspecified atom stereocenters. The topological polar surface area (TPSA) is 59.2 Å². The highest BCUT2D eigenvalue weighted by Gasteiger charge is 2.45. The molecule has 0 saturated carbocycles. The van der Waals surface area contributed by atoms with E-state index >= 15 is 0 Å². The Hall–Kier alpha value is -2.66. The number of nitrogens with zero attached hydrogens (tertiary/aromatic N) is 2. The zero-order valence-electron chi connectivity index (χ0n) is 16.4. The largest absolute Gasteiger partial charge is 0.416 e. The van der Waals surface area contributed by atoms with Crippen LogP contribution in [0, 0.1) is 0 Å². The third-order valence-electron chi connectivity index (χ3n) is 5.46. The maximum Gasteiger partial charge on any atom is 0.416 e. The molecule has 2 N–H and O–H groups in total. The maximum atomic E-state index is 13.4. The number of benzene rings is 2. The molecule has 4 rings (SSSR count). The standard InChI is InChI=1S/C21H17F6N3OS/c22-20(23,24)12-6-7-14-15(9-12)32-19(29-14)17-11(3-1-4-13(17)18(28)31)10-30-8-2-5-16(30)21(25,26)27/h1,3-4,6-7,9,16H,2,5,8,10H2,(H2,28,31). The number of rotatable bonds is 4. The molecule has 32 heavy (non-hydrogen) atoms. The molecule has 2 aromatic carbocycles. The zero-order chi connectivity index (χ0) is 23.3. The molecular weight excluding hydrogens is 456 g/mol. The van der Waals surface area contributed by atoms with Crippen LogP contribution in [0.3, 0.4) is 0 Å². The van der Waals surface area contributed by atoms with Gasteiger partial charge < -0.3 is 5.73 Å². The molecule has 3 aromatic rings. The van der Waals surface area contributed by atoms with Gasteiger partial charge in [0, 0.05) is 17.7 Å². The summed E-state index contributed by atoms with van der Waals surface area (Å²) in [6.45, 7) is 0.142. The highest BCUT2D eigenvalue weighted by atomic mass is 32.1. The minimum Gasteiger partial charge on any atom is -0.366 e. The second-order valence-corrected chi connectivity index (χ2v) is 8.60. The van der Waals surface area contributed by atoms with Crippen molar-refractivity contribution < 1.29 is 31.1 Å². The Morgan fingerprint density at radius 3 is 2.56 bits per heavy atom. The summed E-state index contributed by atoms with van der Waals surface area (Å²) in [5, 5.41) is 0.228. The van der Waals surface area contributed by atoms with Crippen LogP contribution in [0.2, 0.25) is 0 Å². The van der Waals surface area contributed by atoms with Gasteiger partial charge in [-0.25, -0.2) is 4.98 Å². The minimum absolute atomic E-state index is 0.0182. The Kier molecular flexibility index (Phi) is 5.66. The molecule has 170 valence electrons. The average molecular weight is 473 g/mol. The molecule has 1 saturated heterocycles. The lowest BCUT2D eigenvalue weighted by Gasteiger charge is -2.27. The number of fused-ring (bicyclic) bond motifs is 1. The number of amides is 1. The van der Waals surface area contributed by atoms with Crippen molar-refractivity contribution >= 4 is 27.5 Å². The first-order chi connectivity index (χ1) is 14.9. The predicted molar refractivity (Wildman–Crippen MR) is 108 cm³/mol. The van der Waals surface area contributed by atoms with Gasteiger partial charge in [-0.15, -0.1) is 11.3 Å². The molecule has 0 spiro atoms. The van der Waals surface area contributed by atoms with E-state index in [9.17, 15) is 31.1 Å². The van der Waals surface area contributed by atoms with E-state index in [2.05, 4.69) is 4.98 Å². The smallest absolute Gasteiger partial charge is 0.366 e. The van der Waals surface area contributed by atoms with E-state index in [0.717, 1.165) is 23.5 Å². The van der Waals surface area contributed by atoms with Gasteiger partial charge in [-0.05, 0) is 49.2 Å². The molecule has 2 heterocycles. The fourth-order valence-corrected chi connectivity index (χ4v) is 5.10. The third-order valence-corrected chi connectivity index (χ3v) is 6.50. The maximum absolute atomic E-state index is 13.4. The summed E-state index contributed by atoms with van der Waals surface area (Å²) >= 11 is 0.931. The average Bonchev–Trinajstić information content (AvgIpc) is 3.32. The Bertz CT molecular complexity index is 1170. The number of hydrogen-bond acceptors (Lipinski definition) is 4. The molecule has 1 atom stereocenters.